The van der Waals surface area contributed by atoms with Crippen LogP contribution in [0.2, 0.25) is 0 Å². The molecule has 15 heavy (non-hydrogen) atoms. The van der Waals surface area contributed by atoms with Gasteiger partial charge in [0.2, 0.25) is 0 Å². The normalized spacial score (nSPS) is 23.7. The molecule has 2 atom stereocenters. The summed E-state index contributed by atoms with van der Waals surface area (Å²) < 4.78 is 0. The largest absolute Gasteiger partial charge is 0.309 e. The molecule has 80 valence electrons. The molecule has 2 heteroatoms. The summed E-state index contributed by atoms with van der Waals surface area (Å²) in [5.74, 6) is 0.109. The van der Waals surface area contributed by atoms with E-state index in [1.165, 1.54) is 0 Å². The van der Waals surface area contributed by atoms with Crippen LogP contribution in [0.4, 0.5) is 0 Å². The van der Waals surface area contributed by atoms with Crippen LogP contribution in [0.5, 0.6) is 0 Å². The predicted molar refractivity (Wildman–Crippen MR) is 66.3 cm³/mol. The van der Waals surface area contributed by atoms with Gasteiger partial charge in [0.25, 0.3) is 0 Å². The van der Waals surface area contributed by atoms with Gasteiger partial charge < -0.3 is 10.7 Å². The Hall–Kier alpha value is -1.41. The van der Waals surface area contributed by atoms with Gasteiger partial charge in [-0.2, -0.15) is 0 Å². The molecule has 0 saturated carbocycles. The van der Waals surface area contributed by atoms with Crippen LogP contribution in [-0.4, -0.2) is 18.3 Å². The third-order valence-electron chi connectivity index (χ3n) is 2.44. The molecule has 0 bridgehead atoms. The molecule has 0 radical (unpaired) electrons. The van der Waals surface area contributed by atoms with Crippen LogP contribution in [0.15, 0.2) is 49.6 Å². The standard InChI is InChI=1S/C13H18N2/c1-3-5-10-15-13-9-7-6-8-11(13)12(14)4-2/h3-4,6-9,11,13-15H,1-2,5,10H2. The molecular weight excluding hydrogens is 184 g/mol. The third-order valence-corrected chi connectivity index (χ3v) is 2.44. The van der Waals surface area contributed by atoms with Crippen molar-refractivity contribution in [2.45, 2.75) is 12.5 Å². The first-order valence-corrected chi connectivity index (χ1v) is 5.19. The summed E-state index contributed by atoms with van der Waals surface area (Å²) in [6.07, 6.45) is 12.6. The minimum Gasteiger partial charge on any atom is -0.309 e. The van der Waals surface area contributed by atoms with Crippen LogP contribution in [-0.2, 0) is 0 Å². The van der Waals surface area contributed by atoms with Gasteiger partial charge in [0.05, 0.1) is 0 Å². The van der Waals surface area contributed by atoms with Crippen molar-refractivity contribution in [2.75, 3.05) is 6.54 Å². The van der Waals surface area contributed by atoms with Crippen LogP contribution in [0.3, 0.4) is 0 Å². The molecule has 1 aliphatic carbocycles. The highest BCUT2D eigenvalue weighted by atomic mass is 14.9. The molecule has 1 rings (SSSR count). The van der Waals surface area contributed by atoms with Crippen LogP contribution in [0.1, 0.15) is 6.42 Å². The second-order valence-corrected chi connectivity index (χ2v) is 3.51. The zero-order valence-electron chi connectivity index (χ0n) is 8.95. The Morgan fingerprint density at radius 2 is 2.07 bits per heavy atom. The summed E-state index contributed by atoms with van der Waals surface area (Å²) in [6.45, 7) is 8.22. The summed E-state index contributed by atoms with van der Waals surface area (Å²) in [4.78, 5) is 0. The molecule has 1 aliphatic rings. The number of nitrogens with one attached hydrogen (secondary N) is 2. The number of rotatable bonds is 6. The zero-order valence-corrected chi connectivity index (χ0v) is 8.95. The van der Waals surface area contributed by atoms with Crippen molar-refractivity contribution >= 4 is 5.71 Å². The minimum atomic E-state index is 0.109. The van der Waals surface area contributed by atoms with E-state index in [4.69, 9.17) is 5.41 Å². The van der Waals surface area contributed by atoms with Crippen molar-refractivity contribution in [3.63, 3.8) is 0 Å². The Labute approximate surface area is 91.6 Å². The lowest BCUT2D eigenvalue weighted by atomic mass is 9.90. The maximum absolute atomic E-state index is 7.78. The molecule has 0 saturated heterocycles. The van der Waals surface area contributed by atoms with Gasteiger partial charge in [0.15, 0.2) is 0 Å². The first kappa shape index (κ1) is 11.7. The van der Waals surface area contributed by atoms with Gasteiger partial charge in [-0.3, -0.25) is 0 Å². The first-order chi connectivity index (χ1) is 7.29. The lowest BCUT2D eigenvalue weighted by Gasteiger charge is -2.24. The second kappa shape index (κ2) is 6.14. The van der Waals surface area contributed by atoms with Crippen LogP contribution in [0, 0.1) is 11.3 Å². The van der Waals surface area contributed by atoms with Gasteiger partial charge in [-0.15, -0.1) is 6.58 Å². The summed E-state index contributed by atoms with van der Waals surface area (Å²) in [6, 6.07) is 0.209. The molecular formula is C13H18N2. The van der Waals surface area contributed by atoms with Crippen LogP contribution >= 0.6 is 0 Å². The SMILES string of the molecule is C=CCCNC1C=CC=CC1C(=N)C=C. The quantitative estimate of drug-likeness (QED) is 0.387. The van der Waals surface area contributed by atoms with Crippen molar-refractivity contribution in [2.24, 2.45) is 5.92 Å². The van der Waals surface area contributed by atoms with Gasteiger partial charge >= 0.3 is 0 Å². The van der Waals surface area contributed by atoms with Gasteiger partial charge in [-0.1, -0.05) is 37.0 Å². The Kier molecular flexibility index (Phi) is 4.78. The number of hydrogen-bond acceptors (Lipinski definition) is 2. The fourth-order valence-electron chi connectivity index (χ4n) is 1.59. The average molecular weight is 202 g/mol. The molecule has 2 N–H and O–H groups in total. The molecule has 0 aromatic heterocycles. The lowest BCUT2D eigenvalue weighted by molar-refractivity contribution is 0.550. The van der Waals surface area contributed by atoms with E-state index in [-0.39, 0.29) is 12.0 Å². The van der Waals surface area contributed by atoms with Gasteiger partial charge in [-0.25, -0.2) is 0 Å². The van der Waals surface area contributed by atoms with E-state index in [2.05, 4.69) is 24.6 Å². The summed E-state index contributed by atoms with van der Waals surface area (Å²) in [7, 11) is 0. The van der Waals surface area contributed by atoms with Crippen molar-refractivity contribution < 1.29 is 0 Å². The molecule has 0 amide bonds. The van der Waals surface area contributed by atoms with Gasteiger partial charge in [0, 0.05) is 17.7 Å². The van der Waals surface area contributed by atoms with E-state index in [9.17, 15) is 0 Å². The summed E-state index contributed by atoms with van der Waals surface area (Å²) in [5.41, 5.74) is 0.562. The fraction of sp³-hybridized carbons (Fsp3) is 0.308. The Morgan fingerprint density at radius 3 is 2.73 bits per heavy atom. The molecule has 0 aromatic carbocycles. The molecule has 0 aromatic rings. The molecule has 0 spiro atoms. The lowest BCUT2D eigenvalue weighted by Crippen LogP contribution is -2.38. The highest BCUT2D eigenvalue weighted by Crippen LogP contribution is 2.14. The van der Waals surface area contributed by atoms with Crippen LogP contribution in [0.25, 0.3) is 0 Å². The highest BCUT2D eigenvalue weighted by Gasteiger charge is 2.20. The average Bonchev–Trinajstić information content (AvgIpc) is 2.29. The van der Waals surface area contributed by atoms with Crippen molar-refractivity contribution in [1.29, 1.82) is 5.41 Å². The van der Waals surface area contributed by atoms with E-state index in [1.54, 1.807) is 6.08 Å². The fourth-order valence-corrected chi connectivity index (χ4v) is 1.59. The number of allylic oxidation sites excluding steroid dienone is 3. The highest BCUT2D eigenvalue weighted by molar-refractivity contribution is 5.95. The summed E-state index contributed by atoms with van der Waals surface area (Å²) in [5, 5.41) is 11.2. The molecule has 0 fully saturated rings. The second-order valence-electron chi connectivity index (χ2n) is 3.51. The van der Waals surface area contributed by atoms with Crippen molar-refractivity contribution in [3.05, 3.63) is 49.6 Å². The van der Waals surface area contributed by atoms with E-state index in [0.29, 0.717) is 5.71 Å². The first-order valence-electron chi connectivity index (χ1n) is 5.19. The smallest absolute Gasteiger partial charge is 0.0395 e. The third kappa shape index (κ3) is 3.33. The molecule has 0 heterocycles. The Bertz CT molecular complexity index is 300. The van der Waals surface area contributed by atoms with E-state index < -0.39 is 0 Å². The van der Waals surface area contributed by atoms with E-state index in [1.807, 2.05) is 24.3 Å². The minimum absolute atomic E-state index is 0.109. The van der Waals surface area contributed by atoms with E-state index in [0.717, 1.165) is 13.0 Å². The topological polar surface area (TPSA) is 35.9 Å². The predicted octanol–water partition coefficient (Wildman–Crippen LogP) is 2.47. The van der Waals surface area contributed by atoms with Crippen LogP contribution < -0.4 is 5.32 Å². The maximum atomic E-state index is 7.78. The Morgan fingerprint density at radius 1 is 1.33 bits per heavy atom. The molecule has 2 nitrogen and oxygen atoms in total. The Balaban J connectivity index is 2.55. The van der Waals surface area contributed by atoms with Gasteiger partial charge in [0.1, 0.15) is 0 Å². The van der Waals surface area contributed by atoms with Crippen molar-refractivity contribution in [3.8, 4) is 0 Å². The summed E-state index contributed by atoms with van der Waals surface area (Å²) >= 11 is 0. The molecule has 0 aliphatic heterocycles. The maximum Gasteiger partial charge on any atom is 0.0395 e. The van der Waals surface area contributed by atoms with Gasteiger partial charge in [-0.05, 0) is 19.0 Å². The van der Waals surface area contributed by atoms with Crippen molar-refractivity contribution in [1.82, 2.24) is 5.32 Å². The zero-order chi connectivity index (χ0) is 11.1. The van der Waals surface area contributed by atoms with E-state index >= 15 is 0 Å². The monoisotopic (exact) mass is 202 g/mol. The molecule has 2 unspecified atom stereocenters. The number of hydrogen-bond donors (Lipinski definition) is 2.